The lowest BCUT2D eigenvalue weighted by atomic mass is 10.2. The van der Waals surface area contributed by atoms with Crippen molar-refractivity contribution >= 4 is 34.9 Å². The highest BCUT2D eigenvalue weighted by atomic mass is 35.5. The fourth-order valence-corrected chi connectivity index (χ4v) is 2.07. The molecule has 6 heteroatoms. The molecule has 2 aromatic rings. The predicted molar refractivity (Wildman–Crippen MR) is 86.0 cm³/mol. The van der Waals surface area contributed by atoms with Crippen molar-refractivity contribution in [2.75, 3.05) is 17.7 Å². The minimum atomic E-state index is -0.638. The number of hydrogen-bond donors (Lipinski definition) is 2. The van der Waals surface area contributed by atoms with Gasteiger partial charge in [0.25, 0.3) is 5.91 Å². The molecule has 0 spiro atoms. The quantitative estimate of drug-likeness (QED) is 0.670. The van der Waals surface area contributed by atoms with E-state index in [-0.39, 0.29) is 5.56 Å². The van der Waals surface area contributed by atoms with E-state index in [2.05, 4.69) is 5.32 Å². The van der Waals surface area contributed by atoms with Gasteiger partial charge in [-0.3, -0.25) is 4.79 Å². The highest BCUT2D eigenvalue weighted by molar-refractivity contribution is 6.30. The second-order valence-corrected chi connectivity index (χ2v) is 5.11. The maximum Gasteiger partial charge on any atom is 0.340 e. The largest absolute Gasteiger partial charge is 0.452 e. The average molecular weight is 319 g/mol. The van der Waals surface area contributed by atoms with E-state index in [1.807, 2.05) is 6.92 Å². The summed E-state index contributed by atoms with van der Waals surface area (Å²) in [6, 6.07) is 11.6. The molecule has 114 valence electrons. The molecule has 5 nitrogen and oxygen atoms in total. The van der Waals surface area contributed by atoms with Gasteiger partial charge >= 0.3 is 5.97 Å². The zero-order chi connectivity index (χ0) is 16.1. The Morgan fingerprint density at radius 2 is 1.95 bits per heavy atom. The predicted octanol–water partition coefficient (Wildman–Crippen LogP) is 3.03. The van der Waals surface area contributed by atoms with Gasteiger partial charge in [-0.05, 0) is 42.8 Å². The first-order valence-corrected chi connectivity index (χ1v) is 6.93. The van der Waals surface area contributed by atoms with Crippen molar-refractivity contribution in [2.45, 2.75) is 6.92 Å². The number of rotatable bonds is 4. The van der Waals surface area contributed by atoms with Gasteiger partial charge in [-0.15, -0.1) is 0 Å². The maximum atomic E-state index is 11.8. The molecule has 0 atom stereocenters. The number of nitrogen functional groups attached to an aromatic ring is 1. The second-order valence-electron chi connectivity index (χ2n) is 4.67. The normalized spacial score (nSPS) is 10.1. The number of amides is 1. The van der Waals surface area contributed by atoms with Gasteiger partial charge in [0.2, 0.25) is 0 Å². The summed E-state index contributed by atoms with van der Waals surface area (Å²) in [6.07, 6.45) is 0. The molecule has 1 amide bonds. The summed E-state index contributed by atoms with van der Waals surface area (Å²) in [5.74, 6) is -1.07. The van der Waals surface area contributed by atoms with Gasteiger partial charge < -0.3 is 15.8 Å². The smallest absolute Gasteiger partial charge is 0.340 e. The van der Waals surface area contributed by atoms with Gasteiger partial charge in [0.15, 0.2) is 6.61 Å². The zero-order valence-corrected chi connectivity index (χ0v) is 12.7. The summed E-state index contributed by atoms with van der Waals surface area (Å²) in [4.78, 5) is 23.7. The number of aryl methyl sites for hydroxylation is 1. The molecule has 0 aromatic heterocycles. The van der Waals surface area contributed by atoms with Crippen molar-refractivity contribution in [3.63, 3.8) is 0 Å². The molecule has 0 heterocycles. The number of anilines is 2. The van der Waals surface area contributed by atoms with E-state index < -0.39 is 18.5 Å². The van der Waals surface area contributed by atoms with E-state index in [1.165, 1.54) is 0 Å². The fourth-order valence-electron chi connectivity index (χ4n) is 1.85. The number of hydrogen-bond acceptors (Lipinski definition) is 4. The topological polar surface area (TPSA) is 81.4 Å². The Labute approximate surface area is 133 Å². The van der Waals surface area contributed by atoms with Crippen molar-refractivity contribution in [1.29, 1.82) is 0 Å². The Balaban J connectivity index is 1.93. The third-order valence-electron chi connectivity index (χ3n) is 2.98. The first kappa shape index (κ1) is 15.9. The molecule has 0 aliphatic carbocycles. The van der Waals surface area contributed by atoms with Crippen molar-refractivity contribution in [1.82, 2.24) is 0 Å². The lowest BCUT2D eigenvalue weighted by molar-refractivity contribution is -0.119. The number of ether oxygens (including phenoxy) is 1. The van der Waals surface area contributed by atoms with Crippen molar-refractivity contribution < 1.29 is 14.3 Å². The lowest BCUT2D eigenvalue weighted by Crippen LogP contribution is -2.21. The molecule has 3 N–H and O–H groups in total. The number of carbonyl (C=O) groups excluding carboxylic acids is 2. The van der Waals surface area contributed by atoms with Crippen LogP contribution in [0.5, 0.6) is 0 Å². The fraction of sp³-hybridized carbons (Fsp3) is 0.125. The van der Waals surface area contributed by atoms with Crippen LogP contribution in [-0.4, -0.2) is 18.5 Å². The van der Waals surface area contributed by atoms with Gasteiger partial charge in [-0.2, -0.15) is 0 Å². The summed E-state index contributed by atoms with van der Waals surface area (Å²) < 4.78 is 4.95. The van der Waals surface area contributed by atoms with Gasteiger partial charge in [0.1, 0.15) is 0 Å². The van der Waals surface area contributed by atoms with E-state index in [0.29, 0.717) is 16.4 Å². The Bertz CT molecular complexity index is 716. The summed E-state index contributed by atoms with van der Waals surface area (Å²) in [6.45, 7) is 1.42. The Kier molecular flexibility index (Phi) is 5.01. The molecule has 0 radical (unpaired) electrons. The Morgan fingerprint density at radius 3 is 2.64 bits per heavy atom. The van der Waals surface area contributed by atoms with Crippen LogP contribution in [0.25, 0.3) is 0 Å². The second kappa shape index (κ2) is 6.95. The molecular formula is C16H15ClN2O3. The van der Waals surface area contributed by atoms with Crippen LogP contribution in [0.1, 0.15) is 15.9 Å². The van der Waals surface area contributed by atoms with Gasteiger partial charge in [-0.1, -0.05) is 23.7 Å². The van der Waals surface area contributed by atoms with Crippen LogP contribution in [0.15, 0.2) is 42.5 Å². The lowest BCUT2D eigenvalue weighted by Gasteiger charge is -2.10. The molecule has 0 bridgehead atoms. The summed E-state index contributed by atoms with van der Waals surface area (Å²) >= 11 is 5.84. The molecule has 0 aliphatic rings. The highest BCUT2D eigenvalue weighted by Gasteiger charge is 2.13. The third-order valence-corrected chi connectivity index (χ3v) is 3.21. The monoisotopic (exact) mass is 318 g/mol. The molecule has 0 fully saturated rings. The van der Waals surface area contributed by atoms with Gasteiger partial charge in [-0.25, -0.2) is 4.79 Å². The number of nitrogens with two attached hydrogens (primary N) is 1. The van der Waals surface area contributed by atoms with Crippen LogP contribution in [0.2, 0.25) is 5.02 Å². The van der Waals surface area contributed by atoms with Crippen LogP contribution >= 0.6 is 11.6 Å². The first-order valence-electron chi connectivity index (χ1n) is 6.55. The van der Waals surface area contributed by atoms with Crippen LogP contribution < -0.4 is 11.1 Å². The van der Waals surface area contributed by atoms with E-state index in [0.717, 1.165) is 5.56 Å². The summed E-state index contributed by atoms with van der Waals surface area (Å²) in [5.41, 5.74) is 7.65. The van der Waals surface area contributed by atoms with Crippen molar-refractivity contribution in [3.8, 4) is 0 Å². The molecule has 22 heavy (non-hydrogen) atoms. The van der Waals surface area contributed by atoms with E-state index >= 15 is 0 Å². The van der Waals surface area contributed by atoms with Crippen LogP contribution in [0, 0.1) is 6.92 Å². The van der Waals surface area contributed by atoms with E-state index in [1.54, 1.807) is 42.5 Å². The Morgan fingerprint density at radius 1 is 1.23 bits per heavy atom. The van der Waals surface area contributed by atoms with Gasteiger partial charge in [0, 0.05) is 16.4 Å². The third kappa shape index (κ3) is 3.99. The molecule has 0 saturated heterocycles. The summed E-state index contributed by atoms with van der Waals surface area (Å²) in [7, 11) is 0. The van der Waals surface area contributed by atoms with Crippen LogP contribution in [0.3, 0.4) is 0 Å². The van der Waals surface area contributed by atoms with Crippen molar-refractivity contribution in [3.05, 3.63) is 58.6 Å². The first-order chi connectivity index (χ1) is 10.5. The zero-order valence-electron chi connectivity index (χ0n) is 11.9. The summed E-state index contributed by atoms with van der Waals surface area (Å²) in [5, 5.41) is 3.24. The number of benzene rings is 2. The maximum absolute atomic E-state index is 11.8. The molecule has 2 aromatic carbocycles. The van der Waals surface area contributed by atoms with Gasteiger partial charge in [0.05, 0.1) is 5.56 Å². The van der Waals surface area contributed by atoms with Crippen LogP contribution in [0.4, 0.5) is 11.4 Å². The standard InChI is InChI=1S/C16H15ClN2O3/c1-10-8-11(17)6-7-14(10)19-15(20)9-22-16(21)12-4-2-3-5-13(12)18/h2-8H,9,18H2,1H3,(H,19,20). The highest BCUT2D eigenvalue weighted by Crippen LogP contribution is 2.19. The molecule has 2 rings (SSSR count). The number of esters is 1. The number of halogens is 1. The van der Waals surface area contributed by atoms with Crippen molar-refractivity contribution in [2.24, 2.45) is 0 Å². The number of nitrogens with one attached hydrogen (secondary N) is 1. The number of carbonyl (C=O) groups is 2. The average Bonchev–Trinajstić information content (AvgIpc) is 2.48. The van der Waals surface area contributed by atoms with E-state index in [4.69, 9.17) is 22.1 Å². The molecule has 0 aliphatic heterocycles. The van der Waals surface area contributed by atoms with E-state index in [9.17, 15) is 9.59 Å². The minimum Gasteiger partial charge on any atom is -0.452 e. The Hall–Kier alpha value is -2.53. The molecular weight excluding hydrogens is 304 g/mol. The number of para-hydroxylation sites is 1. The molecule has 0 unspecified atom stereocenters. The minimum absolute atomic E-state index is 0.234. The SMILES string of the molecule is Cc1cc(Cl)ccc1NC(=O)COC(=O)c1ccccc1N. The van der Waals surface area contributed by atoms with Crippen LogP contribution in [-0.2, 0) is 9.53 Å². The molecule has 0 saturated carbocycles.